The van der Waals surface area contributed by atoms with Gasteiger partial charge in [-0.3, -0.25) is 0 Å². The zero-order valence-corrected chi connectivity index (χ0v) is 6.58. The molecule has 0 bridgehead atoms. The highest BCUT2D eigenvalue weighted by molar-refractivity contribution is 5.05. The highest BCUT2D eigenvalue weighted by Crippen LogP contribution is 2.15. The molecule has 3 N–H and O–H groups in total. The van der Waals surface area contributed by atoms with E-state index >= 15 is 0 Å². The maximum absolute atomic E-state index is 12.9. The van der Waals surface area contributed by atoms with Gasteiger partial charge in [0.1, 0.15) is 5.67 Å². The van der Waals surface area contributed by atoms with Crippen molar-refractivity contribution >= 4 is 0 Å². The predicted octanol–water partition coefficient (Wildman–Crippen LogP) is 0.796. The van der Waals surface area contributed by atoms with E-state index in [9.17, 15) is 4.39 Å². The molecular formula is C7H15FN2. The Labute approximate surface area is 61.3 Å². The van der Waals surface area contributed by atoms with E-state index in [2.05, 4.69) is 11.9 Å². The summed E-state index contributed by atoms with van der Waals surface area (Å²) in [7, 11) is 0. The van der Waals surface area contributed by atoms with E-state index in [1.165, 1.54) is 13.8 Å². The van der Waals surface area contributed by atoms with Crippen LogP contribution >= 0.6 is 0 Å². The Bertz CT molecular complexity index is 115. The largest absolute Gasteiger partial charge is 0.385 e. The van der Waals surface area contributed by atoms with Gasteiger partial charge in [-0.1, -0.05) is 6.58 Å². The molecule has 0 aliphatic heterocycles. The van der Waals surface area contributed by atoms with Gasteiger partial charge in [-0.2, -0.15) is 0 Å². The third kappa shape index (κ3) is 3.45. The molecule has 0 aliphatic carbocycles. The lowest BCUT2D eigenvalue weighted by molar-refractivity contribution is 0.255. The molecule has 0 rings (SSSR count). The minimum Gasteiger partial charge on any atom is -0.385 e. The van der Waals surface area contributed by atoms with Crippen LogP contribution in [-0.4, -0.2) is 18.8 Å². The summed E-state index contributed by atoms with van der Waals surface area (Å²) in [4.78, 5) is 0. The molecule has 0 heterocycles. The number of nitrogens with two attached hydrogens (primary N) is 1. The Kier molecular flexibility index (Phi) is 3.36. The van der Waals surface area contributed by atoms with Crippen molar-refractivity contribution in [2.45, 2.75) is 19.5 Å². The number of nitrogens with one attached hydrogen (secondary N) is 1. The van der Waals surface area contributed by atoms with Gasteiger partial charge in [-0.05, 0) is 13.8 Å². The number of hydrogen-bond donors (Lipinski definition) is 2. The van der Waals surface area contributed by atoms with Crippen molar-refractivity contribution in [3.63, 3.8) is 0 Å². The standard InChI is InChI=1S/C7H15FN2/c1-6(7(2,3)8)10-5-4-9/h10H,1,4-5,9H2,2-3H3. The molecule has 0 spiro atoms. The van der Waals surface area contributed by atoms with Gasteiger partial charge >= 0.3 is 0 Å². The molecule has 0 unspecified atom stereocenters. The zero-order chi connectivity index (χ0) is 8.20. The summed E-state index contributed by atoms with van der Waals surface area (Å²) in [6, 6.07) is 0. The van der Waals surface area contributed by atoms with Crippen LogP contribution in [0.5, 0.6) is 0 Å². The Morgan fingerprint density at radius 1 is 1.70 bits per heavy atom. The van der Waals surface area contributed by atoms with Crippen molar-refractivity contribution < 1.29 is 4.39 Å². The second-order valence-corrected chi connectivity index (χ2v) is 2.67. The smallest absolute Gasteiger partial charge is 0.144 e. The number of halogens is 1. The number of allylic oxidation sites excluding steroid dienone is 1. The third-order valence-electron chi connectivity index (χ3n) is 1.20. The molecule has 0 saturated carbocycles. The predicted molar refractivity (Wildman–Crippen MR) is 41.4 cm³/mol. The van der Waals surface area contributed by atoms with E-state index in [4.69, 9.17) is 5.73 Å². The van der Waals surface area contributed by atoms with Crippen LogP contribution in [0.2, 0.25) is 0 Å². The van der Waals surface area contributed by atoms with E-state index < -0.39 is 5.67 Å². The first-order valence-electron chi connectivity index (χ1n) is 3.30. The van der Waals surface area contributed by atoms with Crippen LogP contribution in [0.1, 0.15) is 13.8 Å². The minimum absolute atomic E-state index is 0.387. The molecule has 60 valence electrons. The van der Waals surface area contributed by atoms with Gasteiger partial charge in [0, 0.05) is 18.8 Å². The molecule has 10 heavy (non-hydrogen) atoms. The highest BCUT2D eigenvalue weighted by Gasteiger charge is 2.18. The topological polar surface area (TPSA) is 38.0 Å². The van der Waals surface area contributed by atoms with Crippen LogP contribution in [0.4, 0.5) is 4.39 Å². The fourth-order valence-electron chi connectivity index (χ4n) is 0.433. The van der Waals surface area contributed by atoms with Gasteiger partial charge in [-0.25, -0.2) is 4.39 Å². The van der Waals surface area contributed by atoms with E-state index in [1.807, 2.05) is 0 Å². The average Bonchev–Trinajstić information content (AvgIpc) is 1.80. The monoisotopic (exact) mass is 146 g/mol. The summed E-state index contributed by atoms with van der Waals surface area (Å²) >= 11 is 0. The first-order valence-corrected chi connectivity index (χ1v) is 3.30. The van der Waals surface area contributed by atoms with Crippen molar-refractivity contribution in [3.05, 3.63) is 12.3 Å². The molecule has 0 radical (unpaired) electrons. The lowest BCUT2D eigenvalue weighted by Gasteiger charge is -2.18. The van der Waals surface area contributed by atoms with Gasteiger partial charge in [0.15, 0.2) is 0 Å². The third-order valence-corrected chi connectivity index (χ3v) is 1.20. The maximum Gasteiger partial charge on any atom is 0.144 e. The highest BCUT2D eigenvalue weighted by atomic mass is 19.1. The number of alkyl halides is 1. The van der Waals surface area contributed by atoms with Gasteiger partial charge in [0.05, 0.1) is 0 Å². The molecule has 0 aromatic heterocycles. The quantitative estimate of drug-likeness (QED) is 0.615. The number of rotatable bonds is 4. The van der Waals surface area contributed by atoms with Crippen molar-refractivity contribution in [2.24, 2.45) is 5.73 Å². The maximum atomic E-state index is 12.9. The summed E-state index contributed by atoms with van der Waals surface area (Å²) in [6.07, 6.45) is 0. The molecule has 0 fully saturated rings. The van der Waals surface area contributed by atoms with Crippen LogP contribution in [0.3, 0.4) is 0 Å². The Balaban J connectivity index is 3.64. The van der Waals surface area contributed by atoms with Crippen molar-refractivity contribution in [1.82, 2.24) is 5.32 Å². The molecule has 0 aromatic rings. The first kappa shape index (κ1) is 9.43. The van der Waals surface area contributed by atoms with Crippen LogP contribution in [0, 0.1) is 0 Å². The summed E-state index contributed by atoms with van der Waals surface area (Å²) in [5.41, 5.74) is 4.23. The normalized spacial score (nSPS) is 11.2. The molecule has 0 saturated heterocycles. The summed E-state index contributed by atoms with van der Waals surface area (Å²) in [5, 5.41) is 2.78. The molecule has 3 heteroatoms. The van der Waals surface area contributed by atoms with Crippen molar-refractivity contribution in [3.8, 4) is 0 Å². The molecule has 0 atom stereocenters. The van der Waals surface area contributed by atoms with E-state index in [0.29, 0.717) is 18.8 Å². The Morgan fingerprint density at radius 3 is 2.50 bits per heavy atom. The SMILES string of the molecule is C=C(NCCN)C(C)(C)F. The van der Waals surface area contributed by atoms with E-state index in [1.54, 1.807) is 0 Å². The molecule has 2 nitrogen and oxygen atoms in total. The fraction of sp³-hybridized carbons (Fsp3) is 0.714. The van der Waals surface area contributed by atoms with Crippen LogP contribution < -0.4 is 11.1 Å². The lowest BCUT2D eigenvalue weighted by atomic mass is 10.1. The van der Waals surface area contributed by atoms with Crippen molar-refractivity contribution in [1.29, 1.82) is 0 Å². The van der Waals surface area contributed by atoms with Crippen molar-refractivity contribution in [2.75, 3.05) is 13.1 Å². The molecular weight excluding hydrogens is 131 g/mol. The van der Waals surface area contributed by atoms with E-state index in [-0.39, 0.29) is 0 Å². The average molecular weight is 146 g/mol. The lowest BCUT2D eigenvalue weighted by Crippen LogP contribution is -2.31. The van der Waals surface area contributed by atoms with Gasteiger partial charge in [-0.15, -0.1) is 0 Å². The van der Waals surface area contributed by atoms with E-state index in [0.717, 1.165) is 0 Å². The Morgan fingerprint density at radius 2 is 2.20 bits per heavy atom. The van der Waals surface area contributed by atoms with Crippen LogP contribution in [0.25, 0.3) is 0 Å². The fourth-order valence-corrected chi connectivity index (χ4v) is 0.433. The summed E-state index contributed by atoms with van der Waals surface area (Å²) in [5.74, 6) is 0. The summed E-state index contributed by atoms with van der Waals surface area (Å²) < 4.78 is 12.9. The first-order chi connectivity index (χ1) is 4.48. The molecule has 0 aromatic carbocycles. The molecule has 0 amide bonds. The second kappa shape index (κ2) is 3.56. The van der Waals surface area contributed by atoms with Crippen LogP contribution in [0.15, 0.2) is 12.3 Å². The van der Waals surface area contributed by atoms with Gasteiger partial charge in [0.25, 0.3) is 0 Å². The van der Waals surface area contributed by atoms with Crippen LogP contribution in [-0.2, 0) is 0 Å². The van der Waals surface area contributed by atoms with Gasteiger partial charge < -0.3 is 11.1 Å². The minimum atomic E-state index is -1.35. The summed E-state index contributed by atoms with van der Waals surface area (Å²) in [6.45, 7) is 7.51. The Hall–Kier alpha value is -0.570. The number of hydrogen-bond acceptors (Lipinski definition) is 2. The second-order valence-electron chi connectivity index (χ2n) is 2.67. The van der Waals surface area contributed by atoms with Gasteiger partial charge in [0.2, 0.25) is 0 Å². The zero-order valence-electron chi connectivity index (χ0n) is 6.58. The molecule has 0 aliphatic rings.